The van der Waals surface area contributed by atoms with Crippen LogP contribution >= 0.6 is 11.6 Å². The number of nitrogens with zero attached hydrogens (tertiary/aromatic N) is 1. The molecule has 0 bridgehead atoms. The van der Waals surface area contributed by atoms with Crippen LogP contribution in [0.2, 0.25) is 5.02 Å². The molecular weight excluding hydrogens is 383 g/mol. The molecule has 3 N–H and O–H groups in total. The maximum atomic E-state index is 12.9. The lowest BCUT2D eigenvalue weighted by molar-refractivity contribution is -0.137. The van der Waals surface area contributed by atoms with E-state index >= 15 is 0 Å². The van der Waals surface area contributed by atoms with E-state index < -0.39 is 22.7 Å². The van der Waals surface area contributed by atoms with E-state index in [4.69, 9.17) is 16.9 Å². The smallest absolute Gasteiger partial charge is 0.417 e. The normalized spacial score (nSPS) is 11.6. The highest BCUT2D eigenvalue weighted by atomic mass is 35.5. The molecular formula is C18H13ClF3N3O2. The summed E-state index contributed by atoms with van der Waals surface area (Å²) in [4.78, 5) is 12.2. The first kappa shape index (κ1) is 20.1. The molecule has 5 nitrogen and oxygen atoms in total. The van der Waals surface area contributed by atoms with Crippen molar-refractivity contribution in [3.05, 3.63) is 64.3 Å². The van der Waals surface area contributed by atoms with Crippen LogP contribution in [0.5, 0.6) is 5.75 Å². The number of alkyl halides is 3. The van der Waals surface area contributed by atoms with E-state index in [-0.39, 0.29) is 17.0 Å². The van der Waals surface area contributed by atoms with E-state index in [1.165, 1.54) is 18.2 Å². The van der Waals surface area contributed by atoms with Gasteiger partial charge in [-0.1, -0.05) is 11.6 Å². The van der Waals surface area contributed by atoms with Crippen LogP contribution in [0.4, 0.5) is 24.5 Å². The molecule has 0 saturated heterocycles. The Morgan fingerprint density at radius 3 is 2.56 bits per heavy atom. The number of hydrogen-bond donors (Lipinski definition) is 3. The van der Waals surface area contributed by atoms with E-state index in [1.807, 2.05) is 0 Å². The predicted octanol–water partition coefficient (Wildman–Crippen LogP) is 4.83. The van der Waals surface area contributed by atoms with Crippen molar-refractivity contribution >= 4 is 28.9 Å². The number of amides is 1. The van der Waals surface area contributed by atoms with Gasteiger partial charge in [0.2, 0.25) is 0 Å². The molecule has 0 aromatic heterocycles. The molecule has 0 unspecified atom stereocenters. The number of halogens is 4. The lowest BCUT2D eigenvalue weighted by Gasteiger charge is -2.12. The van der Waals surface area contributed by atoms with E-state index in [1.54, 1.807) is 19.1 Å². The minimum absolute atomic E-state index is 0.0588. The predicted molar refractivity (Wildman–Crippen MR) is 95.2 cm³/mol. The van der Waals surface area contributed by atoms with Crippen molar-refractivity contribution in [2.45, 2.75) is 13.1 Å². The largest absolute Gasteiger partial charge is 0.508 e. The molecule has 2 rings (SSSR count). The highest BCUT2D eigenvalue weighted by Crippen LogP contribution is 2.36. The Kier molecular flexibility index (Phi) is 5.98. The van der Waals surface area contributed by atoms with Crippen LogP contribution < -0.4 is 10.6 Å². The molecule has 140 valence electrons. The maximum absolute atomic E-state index is 12.9. The monoisotopic (exact) mass is 395 g/mol. The number of phenolic OH excluding ortho intramolecular Hbond substituents is 1. The lowest BCUT2D eigenvalue weighted by atomic mass is 10.1. The van der Waals surface area contributed by atoms with Crippen molar-refractivity contribution < 1.29 is 23.1 Å². The fourth-order valence-electron chi connectivity index (χ4n) is 2.13. The van der Waals surface area contributed by atoms with Gasteiger partial charge in [-0.25, -0.2) is 0 Å². The molecule has 2 aromatic rings. The zero-order valence-electron chi connectivity index (χ0n) is 13.9. The van der Waals surface area contributed by atoms with Gasteiger partial charge in [0.1, 0.15) is 17.4 Å². The van der Waals surface area contributed by atoms with Crippen LogP contribution in [0.25, 0.3) is 0 Å². The van der Waals surface area contributed by atoms with Gasteiger partial charge in [-0.2, -0.15) is 18.4 Å². The maximum Gasteiger partial charge on any atom is 0.417 e. The number of aryl methyl sites for hydroxylation is 1. The number of benzene rings is 2. The number of carbonyl (C=O) groups excluding carboxylic acids is 1. The third kappa shape index (κ3) is 5.15. The average Bonchev–Trinajstić information content (AvgIpc) is 2.57. The summed E-state index contributed by atoms with van der Waals surface area (Å²) in [6.07, 6.45) is -3.56. The standard InChI is InChI=1S/C18H13ClF3N3O2/c1-10-6-13(26)3-5-16(10)24-9-11(8-23)17(27)25-12-2-4-15(19)14(7-12)18(20,21)22/h2-7,9,24,26H,1H3,(H,25,27)/b11-9-. The number of phenols is 1. The van der Waals surface area contributed by atoms with Gasteiger partial charge in [0, 0.05) is 17.6 Å². The number of hydrogen-bond acceptors (Lipinski definition) is 4. The summed E-state index contributed by atoms with van der Waals surface area (Å²) in [5.74, 6) is -0.833. The van der Waals surface area contributed by atoms with Gasteiger partial charge in [0.25, 0.3) is 5.91 Å². The molecule has 0 saturated carbocycles. The van der Waals surface area contributed by atoms with Gasteiger partial charge < -0.3 is 15.7 Å². The quantitative estimate of drug-likeness (QED) is 0.393. The van der Waals surface area contributed by atoms with Crippen LogP contribution in [0.15, 0.2) is 48.2 Å². The number of carbonyl (C=O) groups is 1. The first-order chi connectivity index (χ1) is 12.6. The highest BCUT2D eigenvalue weighted by Gasteiger charge is 2.33. The third-order valence-electron chi connectivity index (χ3n) is 3.48. The molecule has 9 heteroatoms. The fraction of sp³-hybridized carbons (Fsp3) is 0.111. The number of nitrogens with one attached hydrogen (secondary N) is 2. The second-order valence-electron chi connectivity index (χ2n) is 5.46. The van der Waals surface area contributed by atoms with Gasteiger partial charge >= 0.3 is 6.18 Å². The SMILES string of the molecule is Cc1cc(O)ccc1N/C=C(/C#N)C(=O)Nc1ccc(Cl)c(C(F)(F)F)c1. The van der Waals surface area contributed by atoms with Crippen LogP contribution in [0, 0.1) is 18.3 Å². The number of rotatable bonds is 4. The zero-order valence-corrected chi connectivity index (χ0v) is 14.6. The number of anilines is 2. The lowest BCUT2D eigenvalue weighted by Crippen LogP contribution is -2.15. The number of aromatic hydroxyl groups is 1. The van der Waals surface area contributed by atoms with Crippen LogP contribution in [-0.4, -0.2) is 11.0 Å². The summed E-state index contributed by atoms with van der Waals surface area (Å²) in [5, 5.41) is 23.0. The van der Waals surface area contributed by atoms with Crippen LogP contribution in [0.3, 0.4) is 0 Å². The van der Waals surface area contributed by atoms with Crippen LogP contribution in [0.1, 0.15) is 11.1 Å². The minimum Gasteiger partial charge on any atom is -0.508 e. The van der Waals surface area contributed by atoms with Crippen molar-refractivity contribution in [2.24, 2.45) is 0 Å². The molecule has 27 heavy (non-hydrogen) atoms. The van der Waals surface area contributed by atoms with Crippen molar-refractivity contribution in [3.63, 3.8) is 0 Å². The molecule has 2 aromatic carbocycles. The van der Waals surface area contributed by atoms with Crippen LogP contribution in [-0.2, 0) is 11.0 Å². The van der Waals surface area contributed by atoms with E-state index in [2.05, 4.69) is 10.6 Å². The van der Waals surface area contributed by atoms with Crippen molar-refractivity contribution in [3.8, 4) is 11.8 Å². The Labute approximate surface area is 157 Å². The summed E-state index contributed by atoms with van der Waals surface area (Å²) in [7, 11) is 0. The minimum atomic E-state index is -4.68. The molecule has 0 aliphatic heterocycles. The van der Waals surface area contributed by atoms with E-state index in [0.717, 1.165) is 12.3 Å². The topological polar surface area (TPSA) is 85.2 Å². The van der Waals surface area contributed by atoms with Gasteiger partial charge in [-0.3, -0.25) is 4.79 Å². The van der Waals surface area contributed by atoms with Crippen molar-refractivity contribution in [1.82, 2.24) is 0 Å². The Morgan fingerprint density at radius 1 is 1.26 bits per heavy atom. The molecule has 0 radical (unpaired) electrons. The number of nitriles is 1. The highest BCUT2D eigenvalue weighted by molar-refractivity contribution is 6.31. The summed E-state index contributed by atoms with van der Waals surface area (Å²) >= 11 is 5.53. The van der Waals surface area contributed by atoms with Crippen molar-refractivity contribution in [2.75, 3.05) is 10.6 Å². The second kappa shape index (κ2) is 8.01. The molecule has 0 aliphatic carbocycles. The van der Waals surface area contributed by atoms with E-state index in [0.29, 0.717) is 17.3 Å². The molecule has 0 fully saturated rings. The molecule has 0 atom stereocenters. The average molecular weight is 396 g/mol. The Hall–Kier alpha value is -3.18. The van der Waals surface area contributed by atoms with Gasteiger partial charge in [-0.15, -0.1) is 0 Å². The summed E-state index contributed by atoms with van der Waals surface area (Å²) in [6.45, 7) is 1.70. The van der Waals surface area contributed by atoms with E-state index in [9.17, 15) is 23.1 Å². The molecule has 0 spiro atoms. The van der Waals surface area contributed by atoms with Gasteiger partial charge in [-0.05, 0) is 48.9 Å². The molecule has 0 heterocycles. The third-order valence-corrected chi connectivity index (χ3v) is 3.81. The summed E-state index contributed by atoms with van der Waals surface area (Å²) in [5.41, 5.74) is -0.400. The van der Waals surface area contributed by atoms with Gasteiger partial charge in [0.15, 0.2) is 0 Å². The first-order valence-electron chi connectivity index (χ1n) is 7.46. The zero-order chi connectivity index (χ0) is 20.2. The Morgan fingerprint density at radius 2 is 1.96 bits per heavy atom. The second-order valence-corrected chi connectivity index (χ2v) is 5.87. The summed E-state index contributed by atoms with van der Waals surface area (Å²) in [6, 6.07) is 9.00. The first-order valence-corrected chi connectivity index (χ1v) is 7.84. The fourth-order valence-corrected chi connectivity index (χ4v) is 2.35. The van der Waals surface area contributed by atoms with Crippen molar-refractivity contribution in [1.29, 1.82) is 5.26 Å². The Bertz CT molecular complexity index is 950. The summed E-state index contributed by atoms with van der Waals surface area (Å²) < 4.78 is 38.6. The Balaban J connectivity index is 2.19. The van der Waals surface area contributed by atoms with Gasteiger partial charge in [0.05, 0.1) is 10.6 Å². The molecule has 0 aliphatic rings. The molecule has 1 amide bonds.